The number of methoxy groups -OCH3 is 2. The summed E-state index contributed by atoms with van der Waals surface area (Å²) in [7, 11) is 2.98. The van der Waals surface area contributed by atoms with Crippen molar-refractivity contribution < 1.29 is 14.3 Å². The van der Waals surface area contributed by atoms with Gasteiger partial charge in [-0.15, -0.1) is 0 Å². The highest BCUT2D eigenvalue weighted by molar-refractivity contribution is 5.95. The third-order valence-electron chi connectivity index (χ3n) is 3.62. The highest BCUT2D eigenvalue weighted by atomic mass is 16.5. The molecule has 106 valence electrons. The molecule has 0 unspecified atom stereocenters. The van der Waals surface area contributed by atoms with Gasteiger partial charge in [-0.2, -0.15) is 0 Å². The van der Waals surface area contributed by atoms with Crippen LogP contribution in [0.3, 0.4) is 0 Å². The molecule has 0 spiro atoms. The zero-order chi connectivity index (χ0) is 14.1. The largest absolute Gasteiger partial charge is 0.482 e. The number of carbonyl (C=O) groups is 1. The molecule has 1 fully saturated rings. The van der Waals surface area contributed by atoms with E-state index in [0.29, 0.717) is 17.5 Å². The number of esters is 1. The van der Waals surface area contributed by atoms with E-state index in [0.717, 1.165) is 30.9 Å². The molecular formula is C14H17N3O3. The minimum absolute atomic E-state index is 0.341. The van der Waals surface area contributed by atoms with Crippen LogP contribution in [-0.4, -0.2) is 42.7 Å². The maximum atomic E-state index is 11.9. The topological polar surface area (TPSA) is 64.9 Å². The first-order valence-corrected chi connectivity index (χ1v) is 6.58. The fourth-order valence-electron chi connectivity index (χ4n) is 2.47. The van der Waals surface area contributed by atoms with Crippen LogP contribution in [0.2, 0.25) is 0 Å². The minimum Gasteiger partial charge on any atom is -0.482 e. The highest BCUT2D eigenvalue weighted by Gasteiger charge is 2.24. The number of nitrogens with zero attached hydrogens (tertiary/aromatic N) is 2. The average molecular weight is 275 g/mol. The van der Waals surface area contributed by atoms with E-state index in [1.807, 2.05) is 22.6 Å². The Morgan fingerprint density at radius 3 is 2.85 bits per heavy atom. The third-order valence-corrected chi connectivity index (χ3v) is 3.62. The summed E-state index contributed by atoms with van der Waals surface area (Å²) >= 11 is 0. The Labute approximate surface area is 116 Å². The Kier molecular flexibility index (Phi) is 3.31. The molecule has 0 atom stereocenters. The SMILES string of the molecule is COC(=O)c1nc(CC2CNC2)n2c(OC)cccc12. The van der Waals surface area contributed by atoms with Gasteiger partial charge < -0.3 is 14.8 Å². The van der Waals surface area contributed by atoms with E-state index in [2.05, 4.69) is 10.3 Å². The lowest BCUT2D eigenvalue weighted by molar-refractivity contribution is 0.0596. The molecule has 1 saturated heterocycles. The molecule has 2 aromatic heterocycles. The lowest BCUT2D eigenvalue weighted by Gasteiger charge is -2.26. The maximum Gasteiger partial charge on any atom is 0.358 e. The number of nitrogens with one attached hydrogen (secondary N) is 1. The number of hydrogen-bond acceptors (Lipinski definition) is 5. The zero-order valence-electron chi connectivity index (χ0n) is 11.5. The van der Waals surface area contributed by atoms with Crippen molar-refractivity contribution in [3.63, 3.8) is 0 Å². The predicted molar refractivity (Wildman–Crippen MR) is 73.1 cm³/mol. The Bertz CT molecular complexity index is 646. The first-order valence-electron chi connectivity index (χ1n) is 6.58. The number of imidazole rings is 1. The zero-order valence-corrected chi connectivity index (χ0v) is 11.5. The summed E-state index contributed by atoms with van der Waals surface area (Å²) in [4.78, 5) is 16.3. The van der Waals surface area contributed by atoms with E-state index in [-0.39, 0.29) is 0 Å². The molecule has 6 nitrogen and oxygen atoms in total. The molecule has 0 saturated carbocycles. The lowest BCUT2D eigenvalue weighted by Crippen LogP contribution is -2.43. The molecule has 20 heavy (non-hydrogen) atoms. The summed E-state index contributed by atoms with van der Waals surface area (Å²) in [5.41, 5.74) is 1.06. The fraction of sp³-hybridized carbons (Fsp3) is 0.429. The van der Waals surface area contributed by atoms with Crippen LogP contribution in [0.15, 0.2) is 18.2 Å². The predicted octanol–water partition coefficient (Wildman–Crippen LogP) is 0.891. The number of pyridine rings is 1. The fourth-order valence-corrected chi connectivity index (χ4v) is 2.47. The van der Waals surface area contributed by atoms with Gasteiger partial charge in [0.05, 0.1) is 19.7 Å². The summed E-state index contributed by atoms with van der Waals surface area (Å²) in [5.74, 6) is 1.64. The van der Waals surface area contributed by atoms with Crippen molar-refractivity contribution in [1.82, 2.24) is 14.7 Å². The molecule has 0 bridgehead atoms. The molecule has 6 heteroatoms. The molecule has 2 aromatic rings. The van der Waals surface area contributed by atoms with Gasteiger partial charge in [0.2, 0.25) is 0 Å². The second-order valence-corrected chi connectivity index (χ2v) is 4.89. The van der Waals surface area contributed by atoms with E-state index in [4.69, 9.17) is 9.47 Å². The normalized spacial score (nSPS) is 15.1. The minimum atomic E-state index is -0.422. The van der Waals surface area contributed by atoms with Crippen LogP contribution in [0.25, 0.3) is 5.52 Å². The second kappa shape index (κ2) is 5.13. The smallest absolute Gasteiger partial charge is 0.358 e. The van der Waals surface area contributed by atoms with Crippen molar-refractivity contribution in [2.24, 2.45) is 5.92 Å². The molecule has 0 amide bonds. The van der Waals surface area contributed by atoms with Gasteiger partial charge in [-0.1, -0.05) is 6.07 Å². The number of rotatable bonds is 4. The van der Waals surface area contributed by atoms with E-state index < -0.39 is 5.97 Å². The average Bonchev–Trinajstić information content (AvgIpc) is 2.81. The van der Waals surface area contributed by atoms with E-state index in [9.17, 15) is 4.79 Å². The Morgan fingerprint density at radius 1 is 1.45 bits per heavy atom. The quantitative estimate of drug-likeness (QED) is 0.840. The first kappa shape index (κ1) is 12.9. The highest BCUT2D eigenvalue weighted by Crippen LogP contribution is 2.23. The molecule has 0 aliphatic carbocycles. The van der Waals surface area contributed by atoms with Crippen molar-refractivity contribution in [3.05, 3.63) is 29.7 Å². The number of aromatic nitrogens is 2. The van der Waals surface area contributed by atoms with Crippen molar-refractivity contribution in [2.45, 2.75) is 6.42 Å². The molecule has 0 aromatic carbocycles. The summed E-state index contributed by atoms with van der Waals surface area (Å²) < 4.78 is 12.1. The molecule has 1 N–H and O–H groups in total. The number of ether oxygens (including phenoxy) is 2. The van der Waals surface area contributed by atoms with Gasteiger partial charge in [-0.25, -0.2) is 9.78 Å². The standard InChI is InChI=1S/C14H17N3O3/c1-19-12-5-3-4-10-13(14(18)20-2)16-11(17(10)12)6-9-7-15-8-9/h3-5,9,15H,6-8H2,1-2H3. The van der Waals surface area contributed by atoms with Crippen LogP contribution >= 0.6 is 0 Å². The Balaban J connectivity index is 2.13. The van der Waals surface area contributed by atoms with Gasteiger partial charge >= 0.3 is 5.97 Å². The van der Waals surface area contributed by atoms with Crippen LogP contribution in [0.1, 0.15) is 16.3 Å². The third kappa shape index (κ3) is 2.02. The van der Waals surface area contributed by atoms with Crippen LogP contribution in [-0.2, 0) is 11.2 Å². The van der Waals surface area contributed by atoms with E-state index >= 15 is 0 Å². The lowest BCUT2D eigenvalue weighted by atomic mass is 9.99. The van der Waals surface area contributed by atoms with Crippen molar-refractivity contribution in [1.29, 1.82) is 0 Å². The van der Waals surface area contributed by atoms with E-state index in [1.54, 1.807) is 7.11 Å². The first-order chi connectivity index (χ1) is 9.74. The monoisotopic (exact) mass is 275 g/mol. The molecule has 1 aliphatic heterocycles. The van der Waals surface area contributed by atoms with Gasteiger partial charge in [0.15, 0.2) is 11.6 Å². The number of carbonyl (C=O) groups excluding carboxylic acids is 1. The van der Waals surface area contributed by atoms with Gasteiger partial charge in [0, 0.05) is 6.42 Å². The molecule has 3 heterocycles. The van der Waals surface area contributed by atoms with Crippen molar-refractivity contribution >= 4 is 11.5 Å². The number of fused-ring (bicyclic) bond motifs is 1. The summed E-state index contributed by atoms with van der Waals surface area (Å²) in [6.07, 6.45) is 0.811. The molecule has 1 aliphatic rings. The van der Waals surface area contributed by atoms with Gasteiger partial charge in [0.25, 0.3) is 0 Å². The second-order valence-electron chi connectivity index (χ2n) is 4.89. The molecule has 0 radical (unpaired) electrons. The Morgan fingerprint density at radius 2 is 2.25 bits per heavy atom. The van der Waals surface area contributed by atoms with Gasteiger partial charge in [-0.05, 0) is 31.1 Å². The summed E-state index contributed by atoms with van der Waals surface area (Å²) in [5, 5.41) is 3.24. The van der Waals surface area contributed by atoms with Crippen LogP contribution in [0, 0.1) is 5.92 Å². The van der Waals surface area contributed by atoms with E-state index in [1.165, 1.54) is 7.11 Å². The summed E-state index contributed by atoms with van der Waals surface area (Å²) in [6, 6.07) is 5.56. The van der Waals surface area contributed by atoms with Crippen LogP contribution in [0.5, 0.6) is 5.88 Å². The Hall–Kier alpha value is -2.08. The van der Waals surface area contributed by atoms with Gasteiger partial charge in [-0.3, -0.25) is 4.40 Å². The van der Waals surface area contributed by atoms with Crippen LogP contribution < -0.4 is 10.1 Å². The van der Waals surface area contributed by atoms with Crippen molar-refractivity contribution in [3.8, 4) is 5.88 Å². The van der Waals surface area contributed by atoms with Crippen molar-refractivity contribution in [2.75, 3.05) is 27.3 Å². The van der Waals surface area contributed by atoms with Crippen LogP contribution in [0.4, 0.5) is 0 Å². The van der Waals surface area contributed by atoms with Gasteiger partial charge in [0.1, 0.15) is 5.82 Å². The number of hydrogen-bond donors (Lipinski definition) is 1. The summed E-state index contributed by atoms with van der Waals surface area (Å²) in [6.45, 7) is 1.97. The maximum absolute atomic E-state index is 11.9. The molecular weight excluding hydrogens is 258 g/mol. The molecule has 3 rings (SSSR count).